The number of hydrogen-bond donors (Lipinski definition) is 1. The Kier molecular flexibility index (Phi) is 5.48. The van der Waals surface area contributed by atoms with Crippen LogP contribution in [0.5, 0.6) is 0 Å². The van der Waals surface area contributed by atoms with Crippen molar-refractivity contribution in [2.75, 3.05) is 0 Å². The van der Waals surface area contributed by atoms with E-state index in [1.54, 1.807) is 6.07 Å². The fourth-order valence-corrected chi connectivity index (χ4v) is 3.97. The van der Waals surface area contributed by atoms with E-state index in [4.69, 9.17) is 0 Å². The van der Waals surface area contributed by atoms with Crippen LogP contribution in [0.4, 0.5) is 31.1 Å². The van der Waals surface area contributed by atoms with Crippen LogP contribution in [0.1, 0.15) is 22.3 Å². The molecular formula is C20H11F6N3O3S. The maximum absolute atomic E-state index is 13.4. The van der Waals surface area contributed by atoms with Crippen molar-refractivity contribution < 1.29 is 41.1 Å². The van der Waals surface area contributed by atoms with Crippen molar-refractivity contribution in [3.05, 3.63) is 69.8 Å². The van der Waals surface area contributed by atoms with Gasteiger partial charge in [-0.2, -0.15) is 31.4 Å². The normalized spacial score (nSPS) is 16.5. The maximum Gasteiger partial charge on any atom is 0.416 e. The summed E-state index contributed by atoms with van der Waals surface area (Å²) < 4.78 is 80.1. The first-order valence-electron chi connectivity index (χ1n) is 9.04. The largest absolute Gasteiger partial charge is 0.416 e. The molecule has 4 rings (SSSR count). The summed E-state index contributed by atoms with van der Waals surface area (Å²) in [6.45, 7) is -0.431. The summed E-state index contributed by atoms with van der Waals surface area (Å²) in [5, 5.41) is 12.9. The summed E-state index contributed by atoms with van der Waals surface area (Å²) in [5.74, 6) is -0.886. The quantitative estimate of drug-likeness (QED) is 0.298. The van der Waals surface area contributed by atoms with Gasteiger partial charge in [0.1, 0.15) is 0 Å². The average molecular weight is 487 g/mol. The van der Waals surface area contributed by atoms with Crippen molar-refractivity contribution >= 4 is 39.9 Å². The second kappa shape index (κ2) is 7.92. The number of carbonyl (C=O) groups excluding carboxylic acids is 2. The van der Waals surface area contributed by atoms with E-state index < -0.39 is 41.2 Å². The Morgan fingerprint density at radius 3 is 2.33 bits per heavy atom. The number of halogens is 6. The van der Waals surface area contributed by atoms with Gasteiger partial charge in [-0.05, 0) is 53.2 Å². The van der Waals surface area contributed by atoms with Crippen LogP contribution in [0.25, 0.3) is 17.0 Å². The van der Waals surface area contributed by atoms with Crippen LogP contribution >= 0.6 is 11.8 Å². The molecule has 1 aliphatic heterocycles. The zero-order valence-electron chi connectivity index (χ0n) is 16.1. The van der Waals surface area contributed by atoms with Crippen LogP contribution in [0.3, 0.4) is 0 Å². The topological polar surface area (TPSA) is 75.4 Å². The molecule has 1 fully saturated rings. The second-order valence-electron chi connectivity index (χ2n) is 6.98. The molecule has 2 aromatic carbocycles. The van der Waals surface area contributed by atoms with Gasteiger partial charge in [-0.25, -0.2) is 0 Å². The first-order valence-corrected chi connectivity index (χ1v) is 9.86. The number of benzene rings is 2. The molecule has 1 aliphatic rings. The van der Waals surface area contributed by atoms with Gasteiger partial charge >= 0.3 is 17.6 Å². The number of rotatable bonds is 3. The lowest BCUT2D eigenvalue weighted by atomic mass is 10.0. The van der Waals surface area contributed by atoms with Crippen LogP contribution < -0.4 is 0 Å². The standard InChI is InChI=1S/C20H11F6N3O3S/c21-19(22,23)13-3-2-11(14(7-13)20(24,25)26)9-28-15-4-1-10(5-12(15)8-27-28)6-16-17(30)29(32)18(31)33-16/h1-8,32H,9H2/b16-6-. The number of nitrogens with zero attached hydrogens (tertiary/aromatic N) is 3. The Morgan fingerprint density at radius 2 is 1.73 bits per heavy atom. The summed E-state index contributed by atoms with van der Waals surface area (Å²) in [7, 11) is 0. The molecule has 0 spiro atoms. The Bertz CT molecular complexity index is 1310. The Balaban J connectivity index is 1.67. The average Bonchev–Trinajstić information content (AvgIpc) is 3.22. The van der Waals surface area contributed by atoms with Crippen LogP contribution in [-0.4, -0.2) is 31.2 Å². The van der Waals surface area contributed by atoms with Crippen LogP contribution in [0.2, 0.25) is 0 Å². The van der Waals surface area contributed by atoms with E-state index in [2.05, 4.69) is 5.10 Å². The minimum Gasteiger partial charge on any atom is -0.278 e. The number of alkyl halides is 6. The monoisotopic (exact) mass is 487 g/mol. The molecular weight excluding hydrogens is 476 g/mol. The molecule has 6 nitrogen and oxygen atoms in total. The summed E-state index contributed by atoms with van der Waals surface area (Å²) in [5.41, 5.74) is -2.33. The number of thioether (sulfide) groups is 1. The minimum atomic E-state index is -5.00. The fourth-order valence-electron chi connectivity index (χ4n) is 3.25. The zero-order valence-corrected chi connectivity index (χ0v) is 16.9. The maximum atomic E-state index is 13.4. The number of fused-ring (bicyclic) bond motifs is 1. The van der Waals surface area contributed by atoms with Gasteiger partial charge in [0, 0.05) is 5.39 Å². The zero-order chi connectivity index (χ0) is 24.1. The third kappa shape index (κ3) is 4.46. The first-order chi connectivity index (χ1) is 15.3. The van der Waals surface area contributed by atoms with Crippen molar-refractivity contribution in [1.29, 1.82) is 0 Å². The van der Waals surface area contributed by atoms with Gasteiger partial charge in [-0.1, -0.05) is 12.1 Å². The highest BCUT2D eigenvalue weighted by Crippen LogP contribution is 2.38. The van der Waals surface area contributed by atoms with Crippen molar-refractivity contribution in [2.24, 2.45) is 0 Å². The van der Waals surface area contributed by atoms with Crippen LogP contribution in [0, 0.1) is 0 Å². The third-order valence-electron chi connectivity index (χ3n) is 4.80. The molecule has 172 valence electrons. The molecule has 1 aromatic heterocycles. The Hall–Kier alpha value is -3.32. The third-order valence-corrected chi connectivity index (χ3v) is 5.66. The van der Waals surface area contributed by atoms with E-state index in [1.165, 1.54) is 29.1 Å². The predicted octanol–water partition coefficient (Wildman–Crippen LogP) is 5.55. The summed E-state index contributed by atoms with van der Waals surface area (Å²) in [4.78, 5) is 23.1. The molecule has 1 N–H and O–H groups in total. The van der Waals surface area contributed by atoms with E-state index >= 15 is 0 Å². The van der Waals surface area contributed by atoms with E-state index in [1.807, 2.05) is 0 Å². The van der Waals surface area contributed by atoms with Gasteiger partial charge in [0.05, 0.1) is 34.3 Å². The number of hydroxylamine groups is 2. The lowest BCUT2D eigenvalue weighted by Crippen LogP contribution is -2.23. The number of amides is 2. The smallest absolute Gasteiger partial charge is 0.278 e. The van der Waals surface area contributed by atoms with Gasteiger partial charge in [-0.15, -0.1) is 5.06 Å². The molecule has 2 amide bonds. The molecule has 0 radical (unpaired) electrons. The molecule has 33 heavy (non-hydrogen) atoms. The van der Waals surface area contributed by atoms with E-state index in [0.717, 1.165) is 6.07 Å². The van der Waals surface area contributed by atoms with E-state index in [-0.39, 0.29) is 21.6 Å². The molecule has 1 saturated heterocycles. The molecule has 2 heterocycles. The highest BCUT2D eigenvalue weighted by molar-refractivity contribution is 8.18. The molecule has 13 heteroatoms. The first kappa shape index (κ1) is 22.9. The SMILES string of the molecule is O=C1S/C(=C\c2ccc3c(cnn3Cc3ccc(C(F)(F)F)cc3C(F)(F)F)c2)C(=O)N1O. The molecule has 0 bridgehead atoms. The van der Waals surface area contributed by atoms with Crippen molar-refractivity contribution in [1.82, 2.24) is 14.8 Å². The lowest BCUT2D eigenvalue weighted by Gasteiger charge is -2.16. The Labute approximate surface area is 185 Å². The highest BCUT2D eigenvalue weighted by Gasteiger charge is 2.38. The fraction of sp³-hybridized carbons (Fsp3) is 0.150. The molecule has 3 aromatic rings. The molecule has 0 saturated carbocycles. The highest BCUT2D eigenvalue weighted by atomic mass is 32.2. The van der Waals surface area contributed by atoms with Gasteiger partial charge < -0.3 is 0 Å². The van der Waals surface area contributed by atoms with E-state index in [9.17, 15) is 41.1 Å². The number of carbonyl (C=O) groups is 2. The van der Waals surface area contributed by atoms with Crippen LogP contribution in [-0.2, 0) is 23.7 Å². The second-order valence-corrected chi connectivity index (χ2v) is 7.97. The number of imide groups is 1. The van der Waals surface area contributed by atoms with E-state index in [0.29, 0.717) is 34.3 Å². The van der Waals surface area contributed by atoms with Crippen molar-refractivity contribution in [2.45, 2.75) is 18.9 Å². The minimum absolute atomic E-state index is 0.0185. The lowest BCUT2D eigenvalue weighted by molar-refractivity contribution is -0.145. The Morgan fingerprint density at radius 1 is 1.00 bits per heavy atom. The number of aromatic nitrogens is 2. The molecule has 0 unspecified atom stereocenters. The van der Waals surface area contributed by atoms with Gasteiger partial charge in [-0.3, -0.25) is 19.5 Å². The van der Waals surface area contributed by atoms with Crippen molar-refractivity contribution in [3.63, 3.8) is 0 Å². The summed E-state index contributed by atoms with van der Waals surface area (Å²) >= 11 is 0.537. The van der Waals surface area contributed by atoms with Gasteiger partial charge in [0.2, 0.25) is 0 Å². The number of hydrogen-bond acceptors (Lipinski definition) is 5. The predicted molar refractivity (Wildman–Crippen MR) is 105 cm³/mol. The van der Waals surface area contributed by atoms with Crippen LogP contribution in [0.15, 0.2) is 47.5 Å². The van der Waals surface area contributed by atoms with Gasteiger partial charge in [0.25, 0.3) is 5.91 Å². The molecule has 0 aliphatic carbocycles. The summed E-state index contributed by atoms with van der Waals surface area (Å²) in [6.07, 6.45) is -7.21. The van der Waals surface area contributed by atoms with Gasteiger partial charge in [0.15, 0.2) is 0 Å². The molecule has 0 atom stereocenters. The summed E-state index contributed by atoms with van der Waals surface area (Å²) in [6, 6.07) is 6.02. The van der Waals surface area contributed by atoms with Crippen molar-refractivity contribution in [3.8, 4) is 0 Å².